The van der Waals surface area contributed by atoms with Gasteiger partial charge in [0.1, 0.15) is 6.61 Å². The molecule has 2 rings (SSSR count). The highest BCUT2D eigenvalue weighted by Crippen LogP contribution is 2.34. The van der Waals surface area contributed by atoms with Crippen molar-refractivity contribution >= 4 is 0 Å². The number of hydrogen-bond donors (Lipinski definition) is 0. The Kier molecular flexibility index (Phi) is 2.69. The molecule has 0 aromatic carbocycles. The van der Waals surface area contributed by atoms with Gasteiger partial charge in [0.25, 0.3) is 5.92 Å². The molecule has 0 aliphatic carbocycles. The zero-order valence-corrected chi connectivity index (χ0v) is 8.54. The number of halogens is 2. The standard InChI is InChI=1S/C11H13F2NO/c1-8-2-3-9(14-6-8)10-4-5-11(12,13)7-15-10/h2-3,6,10H,4-5,7H2,1H3. The van der Waals surface area contributed by atoms with Gasteiger partial charge in [-0.1, -0.05) is 6.07 Å². The van der Waals surface area contributed by atoms with E-state index in [-0.39, 0.29) is 12.5 Å². The molecule has 1 aliphatic heterocycles. The average molecular weight is 213 g/mol. The second-order valence-electron chi connectivity index (χ2n) is 3.95. The van der Waals surface area contributed by atoms with Gasteiger partial charge in [0.15, 0.2) is 0 Å². The number of aryl methyl sites for hydroxylation is 1. The third-order valence-corrected chi connectivity index (χ3v) is 2.53. The van der Waals surface area contributed by atoms with Crippen molar-refractivity contribution in [3.63, 3.8) is 0 Å². The van der Waals surface area contributed by atoms with Crippen LogP contribution in [0.4, 0.5) is 8.78 Å². The fourth-order valence-corrected chi connectivity index (χ4v) is 1.62. The minimum Gasteiger partial charge on any atom is -0.366 e. The van der Waals surface area contributed by atoms with E-state index in [1.54, 1.807) is 6.20 Å². The van der Waals surface area contributed by atoms with E-state index in [0.29, 0.717) is 6.42 Å². The van der Waals surface area contributed by atoms with Crippen molar-refractivity contribution in [1.82, 2.24) is 4.98 Å². The van der Waals surface area contributed by atoms with Crippen LogP contribution in [0.25, 0.3) is 0 Å². The van der Waals surface area contributed by atoms with Crippen LogP contribution < -0.4 is 0 Å². The quantitative estimate of drug-likeness (QED) is 0.715. The number of hydrogen-bond acceptors (Lipinski definition) is 2. The van der Waals surface area contributed by atoms with E-state index in [4.69, 9.17) is 4.74 Å². The molecule has 1 fully saturated rings. The van der Waals surface area contributed by atoms with Gasteiger partial charge in [0, 0.05) is 12.6 Å². The normalized spacial score (nSPS) is 25.1. The Labute approximate surface area is 87.3 Å². The average Bonchev–Trinajstić information content (AvgIpc) is 2.20. The highest BCUT2D eigenvalue weighted by atomic mass is 19.3. The molecule has 1 aromatic rings. The molecule has 0 bridgehead atoms. The van der Waals surface area contributed by atoms with E-state index in [0.717, 1.165) is 11.3 Å². The van der Waals surface area contributed by atoms with Crippen LogP contribution in [0.2, 0.25) is 0 Å². The summed E-state index contributed by atoms with van der Waals surface area (Å²) in [6.45, 7) is 1.44. The zero-order valence-electron chi connectivity index (χ0n) is 8.54. The van der Waals surface area contributed by atoms with Crippen molar-refractivity contribution in [2.75, 3.05) is 6.61 Å². The Morgan fingerprint density at radius 1 is 1.47 bits per heavy atom. The Balaban J connectivity index is 2.04. The van der Waals surface area contributed by atoms with Crippen molar-refractivity contribution in [3.8, 4) is 0 Å². The molecule has 0 radical (unpaired) electrons. The van der Waals surface area contributed by atoms with E-state index in [9.17, 15) is 8.78 Å². The first-order valence-corrected chi connectivity index (χ1v) is 4.99. The van der Waals surface area contributed by atoms with E-state index in [2.05, 4.69) is 4.98 Å². The molecule has 15 heavy (non-hydrogen) atoms. The Morgan fingerprint density at radius 2 is 2.27 bits per heavy atom. The maximum absolute atomic E-state index is 12.8. The molecular weight excluding hydrogens is 200 g/mol. The number of nitrogens with zero attached hydrogens (tertiary/aromatic N) is 1. The lowest BCUT2D eigenvalue weighted by molar-refractivity contribution is -0.146. The predicted molar refractivity (Wildman–Crippen MR) is 51.8 cm³/mol. The van der Waals surface area contributed by atoms with Gasteiger partial charge in [-0.15, -0.1) is 0 Å². The molecule has 0 N–H and O–H groups in total. The van der Waals surface area contributed by atoms with E-state index in [1.165, 1.54) is 0 Å². The summed E-state index contributed by atoms with van der Waals surface area (Å²) in [6.07, 6.45) is 1.67. The molecule has 2 nitrogen and oxygen atoms in total. The van der Waals surface area contributed by atoms with Crippen LogP contribution >= 0.6 is 0 Å². The van der Waals surface area contributed by atoms with Gasteiger partial charge >= 0.3 is 0 Å². The SMILES string of the molecule is Cc1ccc(C2CCC(F)(F)CO2)nc1. The summed E-state index contributed by atoms with van der Waals surface area (Å²) in [5, 5.41) is 0. The lowest BCUT2D eigenvalue weighted by Gasteiger charge is -2.28. The van der Waals surface area contributed by atoms with Crippen LogP contribution in [0.15, 0.2) is 18.3 Å². The van der Waals surface area contributed by atoms with Crippen molar-refractivity contribution in [2.45, 2.75) is 31.8 Å². The summed E-state index contributed by atoms with van der Waals surface area (Å²) < 4.78 is 30.7. The topological polar surface area (TPSA) is 22.1 Å². The molecule has 0 spiro atoms. The third kappa shape index (κ3) is 2.50. The molecule has 4 heteroatoms. The Morgan fingerprint density at radius 3 is 2.80 bits per heavy atom. The zero-order chi connectivity index (χ0) is 10.9. The molecule has 0 saturated carbocycles. The summed E-state index contributed by atoms with van der Waals surface area (Å²) in [7, 11) is 0. The maximum atomic E-state index is 12.8. The number of aromatic nitrogens is 1. The van der Waals surface area contributed by atoms with Gasteiger partial charge in [-0.3, -0.25) is 4.98 Å². The first kappa shape index (κ1) is 10.5. The highest BCUT2D eigenvalue weighted by molar-refractivity contribution is 5.14. The van der Waals surface area contributed by atoms with Gasteiger partial charge in [0.05, 0.1) is 11.8 Å². The minimum absolute atomic E-state index is 0.118. The van der Waals surface area contributed by atoms with Crippen molar-refractivity contribution in [2.24, 2.45) is 0 Å². The number of rotatable bonds is 1. The third-order valence-electron chi connectivity index (χ3n) is 2.53. The molecule has 1 aromatic heterocycles. The lowest BCUT2D eigenvalue weighted by atomic mass is 10.0. The van der Waals surface area contributed by atoms with Crippen LogP contribution in [0, 0.1) is 6.92 Å². The molecule has 1 unspecified atom stereocenters. The molecule has 1 aliphatic rings. The van der Waals surface area contributed by atoms with E-state index in [1.807, 2.05) is 19.1 Å². The summed E-state index contributed by atoms with van der Waals surface area (Å²) >= 11 is 0. The molecular formula is C11H13F2NO. The van der Waals surface area contributed by atoms with Gasteiger partial charge < -0.3 is 4.74 Å². The van der Waals surface area contributed by atoms with Gasteiger partial charge in [-0.2, -0.15) is 0 Å². The summed E-state index contributed by atoms with van der Waals surface area (Å²) in [5.74, 6) is -2.67. The van der Waals surface area contributed by atoms with E-state index >= 15 is 0 Å². The molecule has 1 saturated heterocycles. The van der Waals surface area contributed by atoms with Crippen LogP contribution in [0.5, 0.6) is 0 Å². The van der Waals surface area contributed by atoms with Crippen LogP contribution in [-0.2, 0) is 4.74 Å². The fraction of sp³-hybridized carbons (Fsp3) is 0.545. The number of alkyl halides is 2. The van der Waals surface area contributed by atoms with Crippen LogP contribution in [0.3, 0.4) is 0 Å². The predicted octanol–water partition coefficient (Wildman–Crippen LogP) is 2.88. The maximum Gasteiger partial charge on any atom is 0.271 e. The summed E-state index contributed by atoms with van der Waals surface area (Å²) in [5.41, 5.74) is 1.80. The Bertz CT molecular complexity index is 327. The van der Waals surface area contributed by atoms with Crippen LogP contribution in [-0.4, -0.2) is 17.5 Å². The molecule has 2 heterocycles. The first-order chi connectivity index (χ1) is 7.07. The molecule has 82 valence electrons. The molecule has 1 atom stereocenters. The van der Waals surface area contributed by atoms with E-state index < -0.39 is 12.5 Å². The van der Waals surface area contributed by atoms with Gasteiger partial charge in [-0.05, 0) is 25.0 Å². The lowest BCUT2D eigenvalue weighted by Crippen LogP contribution is -2.31. The second kappa shape index (κ2) is 3.85. The monoisotopic (exact) mass is 213 g/mol. The van der Waals surface area contributed by atoms with Crippen molar-refractivity contribution in [1.29, 1.82) is 0 Å². The summed E-state index contributed by atoms with van der Waals surface area (Å²) in [6, 6.07) is 3.75. The van der Waals surface area contributed by atoms with Crippen LogP contribution in [0.1, 0.15) is 30.2 Å². The smallest absolute Gasteiger partial charge is 0.271 e. The molecule has 0 amide bonds. The Hall–Kier alpha value is -1.03. The second-order valence-corrected chi connectivity index (χ2v) is 3.95. The minimum atomic E-state index is -2.67. The largest absolute Gasteiger partial charge is 0.366 e. The number of pyridine rings is 1. The van der Waals surface area contributed by atoms with Crippen molar-refractivity contribution in [3.05, 3.63) is 29.6 Å². The highest BCUT2D eigenvalue weighted by Gasteiger charge is 2.36. The summed E-state index contributed by atoms with van der Waals surface area (Å²) in [4.78, 5) is 4.18. The first-order valence-electron chi connectivity index (χ1n) is 4.99. The fourth-order valence-electron chi connectivity index (χ4n) is 1.62. The number of ether oxygens (including phenoxy) is 1. The van der Waals surface area contributed by atoms with Gasteiger partial charge in [0.2, 0.25) is 0 Å². The van der Waals surface area contributed by atoms with Crippen molar-refractivity contribution < 1.29 is 13.5 Å². The van der Waals surface area contributed by atoms with Gasteiger partial charge in [-0.25, -0.2) is 8.78 Å².